The van der Waals surface area contributed by atoms with Crippen molar-refractivity contribution in [3.05, 3.63) is 0 Å². The fraction of sp³-hybridized carbons (Fsp3) is 0.833. The number of thiocarbonyl (C=S) groups is 1. The van der Waals surface area contributed by atoms with Crippen LogP contribution in [-0.2, 0) is 4.74 Å². The van der Waals surface area contributed by atoms with Gasteiger partial charge in [0, 0.05) is 6.54 Å². The van der Waals surface area contributed by atoms with Crippen molar-refractivity contribution in [2.24, 2.45) is 0 Å². The molecule has 0 aromatic carbocycles. The van der Waals surface area contributed by atoms with Crippen molar-refractivity contribution in [1.82, 2.24) is 5.32 Å². The Labute approximate surface area is 104 Å². The number of unbranched alkanes of at least 4 members (excludes halogenated alkanes) is 2. The number of nitrogens with one attached hydrogen (secondary N) is 1. The Bertz CT molecular complexity index is 234. The molecule has 0 unspecified atom stereocenters. The zero-order valence-corrected chi connectivity index (χ0v) is 11.6. The van der Waals surface area contributed by atoms with Crippen LogP contribution < -0.4 is 5.32 Å². The number of hydrogen-bond donors (Lipinski definition) is 1. The molecular weight excluding hydrogens is 222 g/mol. The number of ether oxygens (including phenoxy) is 1. The van der Waals surface area contributed by atoms with E-state index in [2.05, 4.69) is 5.32 Å². The van der Waals surface area contributed by atoms with Crippen LogP contribution in [0.15, 0.2) is 0 Å². The van der Waals surface area contributed by atoms with Crippen LogP contribution in [-0.4, -0.2) is 23.1 Å². The molecule has 0 saturated heterocycles. The number of carbonyl (C=O) groups excluding carboxylic acids is 1. The fourth-order valence-electron chi connectivity index (χ4n) is 1.18. The Hall–Kier alpha value is -0.640. The monoisotopic (exact) mass is 245 g/mol. The van der Waals surface area contributed by atoms with Crippen molar-refractivity contribution >= 4 is 23.2 Å². The summed E-state index contributed by atoms with van der Waals surface area (Å²) < 4.78 is 5.11. The van der Waals surface area contributed by atoms with E-state index in [1.54, 1.807) is 0 Å². The molecular formula is C12H23NO2S. The van der Waals surface area contributed by atoms with Crippen molar-refractivity contribution in [3.63, 3.8) is 0 Å². The molecule has 16 heavy (non-hydrogen) atoms. The lowest BCUT2D eigenvalue weighted by molar-refractivity contribution is 0.0527. The summed E-state index contributed by atoms with van der Waals surface area (Å²) in [6, 6.07) is 0. The molecule has 0 aliphatic rings. The van der Waals surface area contributed by atoms with Gasteiger partial charge in [0.25, 0.3) is 0 Å². The van der Waals surface area contributed by atoms with Gasteiger partial charge in [-0.25, -0.2) is 4.79 Å². The van der Waals surface area contributed by atoms with Gasteiger partial charge in [-0.1, -0.05) is 18.6 Å². The van der Waals surface area contributed by atoms with Crippen LogP contribution in [0.3, 0.4) is 0 Å². The maximum Gasteiger partial charge on any atom is 0.407 e. The molecule has 0 bridgehead atoms. The molecule has 3 nitrogen and oxygen atoms in total. The molecule has 0 atom stereocenters. The average Bonchev–Trinajstić information content (AvgIpc) is 2.07. The van der Waals surface area contributed by atoms with Crippen molar-refractivity contribution in [1.29, 1.82) is 0 Å². The minimum absolute atomic E-state index is 0.335. The molecule has 0 fully saturated rings. The SMILES string of the molecule is CC(=S)CCCCCNC(=O)OC(C)(C)C. The standard InChI is InChI=1S/C12H23NO2S/c1-10(16)8-6-5-7-9-13-11(14)15-12(2,3)4/h5-9H2,1-4H3,(H,13,14). The predicted molar refractivity (Wildman–Crippen MR) is 71.0 cm³/mol. The van der Waals surface area contributed by atoms with Crippen molar-refractivity contribution in [2.45, 2.75) is 59.0 Å². The van der Waals surface area contributed by atoms with E-state index in [1.165, 1.54) is 0 Å². The van der Waals surface area contributed by atoms with Gasteiger partial charge in [0.05, 0.1) is 0 Å². The number of rotatable bonds is 6. The largest absolute Gasteiger partial charge is 0.444 e. The molecule has 0 aliphatic carbocycles. The minimum atomic E-state index is -0.418. The average molecular weight is 245 g/mol. The molecule has 0 heterocycles. The molecule has 0 saturated carbocycles. The van der Waals surface area contributed by atoms with Gasteiger partial charge >= 0.3 is 6.09 Å². The zero-order chi connectivity index (χ0) is 12.6. The summed E-state index contributed by atoms with van der Waals surface area (Å²) in [5, 5.41) is 2.73. The number of hydrogen-bond acceptors (Lipinski definition) is 3. The Balaban J connectivity index is 3.38. The first-order valence-corrected chi connectivity index (χ1v) is 6.18. The molecule has 0 radical (unpaired) electrons. The summed E-state index contributed by atoms with van der Waals surface area (Å²) in [6.45, 7) is 8.21. The number of amides is 1. The maximum absolute atomic E-state index is 11.2. The highest BCUT2D eigenvalue weighted by Crippen LogP contribution is 2.06. The van der Waals surface area contributed by atoms with Gasteiger partial charge < -0.3 is 10.1 Å². The zero-order valence-electron chi connectivity index (χ0n) is 10.8. The van der Waals surface area contributed by atoms with E-state index < -0.39 is 5.60 Å². The van der Waals surface area contributed by atoms with E-state index in [-0.39, 0.29) is 6.09 Å². The van der Waals surface area contributed by atoms with Gasteiger partial charge in [-0.05, 0) is 51.8 Å². The van der Waals surface area contributed by atoms with E-state index in [0.29, 0.717) is 6.54 Å². The molecule has 0 aliphatic heterocycles. The van der Waals surface area contributed by atoms with E-state index in [9.17, 15) is 4.79 Å². The van der Waals surface area contributed by atoms with Crippen LogP contribution in [0.5, 0.6) is 0 Å². The van der Waals surface area contributed by atoms with E-state index in [0.717, 1.165) is 30.5 Å². The van der Waals surface area contributed by atoms with Gasteiger partial charge in [-0.15, -0.1) is 0 Å². The van der Waals surface area contributed by atoms with E-state index in [1.807, 2.05) is 27.7 Å². The fourth-order valence-corrected chi connectivity index (χ4v) is 1.32. The summed E-state index contributed by atoms with van der Waals surface area (Å²) in [5.41, 5.74) is -0.418. The topological polar surface area (TPSA) is 38.3 Å². The van der Waals surface area contributed by atoms with Crippen LogP contribution >= 0.6 is 12.2 Å². The van der Waals surface area contributed by atoms with Gasteiger partial charge in [0.1, 0.15) is 5.60 Å². The number of alkyl carbamates (subject to hydrolysis) is 1. The Morgan fingerprint density at radius 2 is 1.88 bits per heavy atom. The lowest BCUT2D eigenvalue weighted by Crippen LogP contribution is -2.32. The highest BCUT2D eigenvalue weighted by molar-refractivity contribution is 7.80. The normalized spacial score (nSPS) is 11.0. The summed E-state index contributed by atoms with van der Waals surface area (Å²) in [7, 11) is 0. The third kappa shape index (κ3) is 11.4. The first kappa shape index (κ1) is 15.4. The van der Waals surface area contributed by atoms with Gasteiger partial charge in [0.15, 0.2) is 0 Å². The lowest BCUT2D eigenvalue weighted by atomic mass is 10.1. The third-order valence-corrected chi connectivity index (χ3v) is 2.08. The first-order valence-electron chi connectivity index (χ1n) is 5.77. The Kier molecular flexibility index (Phi) is 7.30. The van der Waals surface area contributed by atoms with Crippen LogP contribution in [0, 0.1) is 0 Å². The predicted octanol–water partition coefficient (Wildman–Crippen LogP) is 3.46. The van der Waals surface area contributed by atoms with Crippen molar-refractivity contribution < 1.29 is 9.53 Å². The van der Waals surface area contributed by atoms with Gasteiger partial charge in [-0.3, -0.25) is 0 Å². The Morgan fingerprint density at radius 3 is 2.38 bits per heavy atom. The molecule has 4 heteroatoms. The second-order valence-corrected chi connectivity index (χ2v) is 5.64. The van der Waals surface area contributed by atoms with Crippen molar-refractivity contribution in [3.8, 4) is 0 Å². The molecule has 1 amide bonds. The summed E-state index contributed by atoms with van der Waals surface area (Å²) in [4.78, 5) is 12.3. The smallest absolute Gasteiger partial charge is 0.407 e. The lowest BCUT2D eigenvalue weighted by Gasteiger charge is -2.19. The second kappa shape index (κ2) is 7.60. The van der Waals surface area contributed by atoms with Crippen LogP contribution in [0.25, 0.3) is 0 Å². The molecule has 0 aromatic rings. The summed E-state index contributed by atoms with van der Waals surface area (Å²) in [5.74, 6) is 0. The summed E-state index contributed by atoms with van der Waals surface area (Å²) >= 11 is 4.99. The van der Waals surface area contributed by atoms with Crippen LogP contribution in [0.4, 0.5) is 4.79 Å². The maximum atomic E-state index is 11.2. The highest BCUT2D eigenvalue weighted by Gasteiger charge is 2.15. The second-order valence-electron chi connectivity index (χ2n) is 4.94. The van der Waals surface area contributed by atoms with Gasteiger partial charge in [0.2, 0.25) is 0 Å². The Morgan fingerprint density at radius 1 is 1.25 bits per heavy atom. The molecule has 1 N–H and O–H groups in total. The third-order valence-electron chi connectivity index (χ3n) is 1.87. The quantitative estimate of drug-likeness (QED) is 0.575. The van der Waals surface area contributed by atoms with E-state index >= 15 is 0 Å². The summed E-state index contributed by atoms with van der Waals surface area (Å²) in [6.07, 6.45) is 3.83. The highest BCUT2D eigenvalue weighted by atomic mass is 32.1. The molecule has 0 spiro atoms. The van der Waals surface area contributed by atoms with Gasteiger partial charge in [-0.2, -0.15) is 0 Å². The van der Waals surface area contributed by atoms with Crippen molar-refractivity contribution in [2.75, 3.05) is 6.54 Å². The van der Waals surface area contributed by atoms with Crippen LogP contribution in [0.1, 0.15) is 53.4 Å². The minimum Gasteiger partial charge on any atom is -0.444 e. The van der Waals surface area contributed by atoms with Crippen LogP contribution in [0.2, 0.25) is 0 Å². The molecule has 0 rings (SSSR count). The molecule has 94 valence electrons. The number of carbonyl (C=O) groups is 1. The molecule has 0 aromatic heterocycles. The van der Waals surface area contributed by atoms with E-state index in [4.69, 9.17) is 17.0 Å². The first-order chi connectivity index (χ1) is 7.31.